The van der Waals surface area contributed by atoms with Crippen LogP contribution in [0.25, 0.3) is 0 Å². The summed E-state index contributed by atoms with van der Waals surface area (Å²) in [6.45, 7) is 21.9. The van der Waals surface area contributed by atoms with Crippen LogP contribution >= 0.6 is 0 Å². The minimum atomic E-state index is -1.94. The van der Waals surface area contributed by atoms with E-state index in [-0.39, 0.29) is 18.4 Å². The molecule has 33 heavy (non-hydrogen) atoms. The average Bonchev–Trinajstić information content (AvgIpc) is 2.67. The Morgan fingerprint density at radius 2 is 1.42 bits per heavy atom. The van der Waals surface area contributed by atoms with Gasteiger partial charge in [-0.25, -0.2) is 0 Å². The molecule has 0 aromatic heterocycles. The number of carbonyl (C=O) groups is 2. The maximum absolute atomic E-state index is 12.6. The molecule has 0 aliphatic rings. The maximum Gasteiger partial charge on any atom is 0.313 e. The van der Waals surface area contributed by atoms with Crippen molar-refractivity contribution in [2.24, 2.45) is 0 Å². The number of hydrogen-bond acceptors (Lipinski definition) is 5. The molecule has 0 spiro atoms. The Balaban J connectivity index is 2.98. The zero-order valence-electron chi connectivity index (χ0n) is 22.5. The third kappa shape index (κ3) is 8.56. The Kier molecular flexibility index (Phi) is 11.3. The van der Waals surface area contributed by atoms with Gasteiger partial charge in [0.1, 0.15) is 5.60 Å². The van der Waals surface area contributed by atoms with Gasteiger partial charge in [0.05, 0.1) is 19.1 Å². The van der Waals surface area contributed by atoms with Gasteiger partial charge in [0.25, 0.3) is 0 Å². The molecule has 0 saturated heterocycles. The second-order valence-electron chi connectivity index (χ2n) is 10.8. The van der Waals surface area contributed by atoms with E-state index in [9.17, 15) is 9.59 Å². The van der Waals surface area contributed by atoms with Crippen LogP contribution in [0.4, 0.5) is 0 Å². The first-order chi connectivity index (χ1) is 15.2. The molecule has 0 amide bonds. The number of carbonyl (C=O) groups excluding carboxylic acids is 2. The van der Waals surface area contributed by atoms with Crippen molar-refractivity contribution in [3.63, 3.8) is 0 Å². The Labute approximate surface area is 202 Å². The molecule has 6 heteroatoms. The van der Waals surface area contributed by atoms with Gasteiger partial charge in [0, 0.05) is 6.42 Å². The monoisotopic (exact) mass is 478 g/mol. The van der Waals surface area contributed by atoms with E-state index < -0.39 is 19.8 Å². The van der Waals surface area contributed by atoms with Gasteiger partial charge in [-0.3, -0.25) is 9.59 Å². The highest BCUT2D eigenvalue weighted by Crippen LogP contribution is 2.42. The fraction of sp³-hybridized carbons (Fsp3) is 0.704. The number of benzene rings is 1. The van der Waals surface area contributed by atoms with Crippen molar-refractivity contribution in [2.45, 2.75) is 117 Å². The fourth-order valence-corrected chi connectivity index (χ4v) is 10.3. The quantitative estimate of drug-likeness (QED) is 0.236. The first-order valence-corrected chi connectivity index (χ1v) is 14.5. The number of rotatable bonds is 12. The number of ether oxygens (including phenoxy) is 2. The van der Waals surface area contributed by atoms with Crippen LogP contribution in [-0.2, 0) is 30.1 Å². The smallest absolute Gasteiger partial charge is 0.313 e. The summed E-state index contributed by atoms with van der Waals surface area (Å²) < 4.78 is 17.4. The lowest BCUT2D eigenvalue weighted by Gasteiger charge is -2.42. The molecule has 0 N–H and O–H groups in total. The Bertz CT molecular complexity index is 725. The summed E-state index contributed by atoms with van der Waals surface area (Å²) in [6.07, 6.45) is 0.518. The van der Waals surface area contributed by atoms with E-state index in [0.717, 1.165) is 11.1 Å². The van der Waals surface area contributed by atoms with Crippen LogP contribution in [0, 0.1) is 0 Å². The lowest BCUT2D eigenvalue weighted by atomic mass is 9.93. The van der Waals surface area contributed by atoms with Gasteiger partial charge in [-0.1, -0.05) is 65.8 Å². The first-order valence-electron chi connectivity index (χ1n) is 12.4. The lowest BCUT2D eigenvalue weighted by Crippen LogP contribution is -2.47. The summed E-state index contributed by atoms with van der Waals surface area (Å²) >= 11 is 0. The standard InChI is InChI=1S/C27H46O5Si/c1-11-30-26(29)24(16-17-25(28)32-27(8,9)10)23-14-12-22(13-15-23)18-31-33(19(2)3,20(4)5)21(6)7/h12-15,19-21,24H,11,16-18H2,1-10H3. The predicted octanol–water partition coefficient (Wildman–Crippen LogP) is 7.15. The molecule has 0 bridgehead atoms. The molecule has 188 valence electrons. The van der Waals surface area contributed by atoms with E-state index in [4.69, 9.17) is 13.9 Å². The highest BCUT2D eigenvalue weighted by molar-refractivity contribution is 6.77. The normalized spacial score (nSPS) is 13.5. The number of hydrogen-bond donors (Lipinski definition) is 0. The van der Waals surface area contributed by atoms with Crippen LogP contribution in [0.2, 0.25) is 16.6 Å². The second-order valence-corrected chi connectivity index (χ2v) is 16.2. The summed E-state index contributed by atoms with van der Waals surface area (Å²) in [5.41, 5.74) is 2.97. The van der Waals surface area contributed by atoms with Crippen molar-refractivity contribution in [1.29, 1.82) is 0 Å². The average molecular weight is 479 g/mol. The van der Waals surface area contributed by atoms with Crippen molar-refractivity contribution in [3.8, 4) is 0 Å². The highest BCUT2D eigenvalue weighted by atomic mass is 28.4. The van der Waals surface area contributed by atoms with Crippen LogP contribution in [0.15, 0.2) is 24.3 Å². The molecule has 0 heterocycles. The predicted molar refractivity (Wildman–Crippen MR) is 137 cm³/mol. The first kappa shape index (κ1) is 29.4. The van der Waals surface area contributed by atoms with Gasteiger partial charge in [-0.15, -0.1) is 0 Å². The molecule has 1 atom stereocenters. The molecular formula is C27H46O5Si. The molecule has 0 radical (unpaired) electrons. The van der Waals surface area contributed by atoms with Crippen LogP contribution in [0.3, 0.4) is 0 Å². The summed E-state index contributed by atoms with van der Waals surface area (Å²) in [5, 5.41) is 0. The van der Waals surface area contributed by atoms with Gasteiger partial charge in [0.15, 0.2) is 0 Å². The van der Waals surface area contributed by atoms with E-state index in [2.05, 4.69) is 41.5 Å². The minimum Gasteiger partial charge on any atom is -0.466 e. The van der Waals surface area contributed by atoms with Crippen LogP contribution in [0.5, 0.6) is 0 Å². The van der Waals surface area contributed by atoms with Gasteiger partial charge in [-0.2, -0.15) is 0 Å². The van der Waals surface area contributed by atoms with Gasteiger partial charge >= 0.3 is 11.9 Å². The second kappa shape index (κ2) is 12.7. The van der Waals surface area contributed by atoms with E-state index in [0.29, 0.717) is 36.3 Å². The van der Waals surface area contributed by atoms with Crippen molar-refractivity contribution in [1.82, 2.24) is 0 Å². The molecule has 0 aliphatic heterocycles. The highest BCUT2D eigenvalue weighted by Gasteiger charge is 2.44. The van der Waals surface area contributed by atoms with Gasteiger partial charge in [-0.05, 0) is 61.9 Å². The zero-order valence-corrected chi connectivity index (χ0v) is 23.5. The third-order valence-corrected chi connectivity index (χ3v) is 12.3. The maximum atomic E-state index is 12.6. The van der Waals surface area contributed by atoms with Crippen molar-refractivity contribution in [3.05, 3.63) is 35.4 Å². The molecule has 1 aromatic rings. The fourth-order valence-electron chi connectivity index (χ4n) is 4.87. The zero-order chi connectivity index (χ0) is 25.4. The summed E-state index contributed by atoms with van der Waals surface area (Å²) in [7, 11) is -1.94. The molecule has 1 unspecified atom stereocenters. The molecule has 1 rings (SSSR count). The Morgan fingerprint density at radius 3 is 1.85 bits per heavy atom. The number of esters is 2. The molecule has 0 fully saturated rings. The van der Waals surface area contributed by atoms with Gasteiger partial charge in [0.2, 0.25) is 8.32 Å². The van der Waals surface area contributed by atoms with Crippen molar-refractivity contribution >= 4 is 20.3 Å². The van der Waals surface area contributed by atoms with E-state index in [1.54, 1.807) is 6.92 Å². The largest absolute Gasteiger partial charge is 0.466 e. The minimum absolute atomic E-state index is 0.164. The Morgan fingerprint density at radius 1 is 0.909 bits per heavy atom. The van der Waals surface area contributed by atoms with E-state index in [1.807, 2.05) is 45.0 Å². The Hall–Kier alpha value is -1.66. The molecule has 0 aliphatic carbocycles. The van der Waals surface area contributed by atoms with E-state index in [1.165, 1.54) is 0 Å². The SMILES string of the molecule is CCOC(=O)C(CCC(=O)OC(C)(C)C)c1ccc(CO[Si](C(C)C)(C(C)C)C(C)C)cc1. The van der Waals surface area contributed by atoms with Crippen LogP contribution < -0.4 is 0 Å². The van der Waals surface area contributed by atoms with Crippen LogP contribution in [-0.4, -0.2) is 32.5 Å². The van der Waals surface area contributed by atoms with E-state index >= 15 is 0 Å². The molecule has 0 saturated carbocycles. The third-order valence-electron chi connectivity index (χ3n) is 6.21. The van der Waals surface area contributed by atoms with Crippen molar-refractivity contribution < 1.29 is 23.5 Å². The topological polar surface area (TPSA) is 61.8 Å². The summed E-state index contributed by atoms with van der Waals surface area (Å²) in [6, 6.07) is 7.96. The molecule has 1 aromatic carbocycles. The van der Waals surface area contributed by atoms with Gasteiger partial charge < -0.3 is 13.9 Å². The molecule has 5 nitrogen and oxygen atoms in total. The summed E-state index contributed by atoms with van der Waals surface area (Å²) in [5.74, 6) is -1.11. The van der Waals surface area contributed by atoms with Crippen LogP contribution in [0.1, 0.15) is 99.1 Å². The lowest BCUT2D eigenvalue weighted by molar-refractivity contribution is -0.155. The summed E-state index contributed by atoms with van der Waals surface area (Å²) in [4.78, 5) is 24.8. The van der Waals surface area contributed by atoms with Crippen molar-refractivity contribution in [2.75, 3.05) is 6.61 Å². The molecular weight excluding hydrogens is 432 g/mol.